The second-order valence-corrected chi connectivity index (χ2v) is 15.9. The molecule has 0 spiro atoms. The average molecular weight is 713 g/mol. The molecule has 0 aliphatic heterocycles. The maximum absolute atomic E-state index is 6.18. The highest BCUT2D eigenvalue weighted by Gasteiger charge is 2.40. The van der Waals surface area contributed by atoms with E-state index in [1.54, 1.807) is 0 Å². The maximum Gasteiger partial charge on any atom is 0.135 e. The van der Waals surface area contributed by atoms with Gasteiger partial charge in [-0.15, -0.1) is 0 Å². The topological polar surface area (TPSA) is 13.1 Å². The Morgan fingerprint density at radius 3 is 1.52 bits per heavy atom. The van der Waals surface area contributed by atoms with Crippen LogP contribution in [0.25, 0.3) is 110 Å². The monoisotopic (exact) mass is 712 g/mol. The summed E-state index contributed by atoms with van der Waals surface area (Å²) in [5.74, 6) is 0. The second-order valence-electron chi connectivity index (χ2n) is 15.9. The summed E-state index contributed by atoms with van der Waals surface area (Å²) >= 11 is 0. The Labute approximate surface area is 325 Å². The molecule has 262 valence electrons. The summed E-state index contributed by atoms with van der Waals surface area (Å²) in [4.78, 5) is 0. The zero-order valence-corrected chi connectivity index (χ0v) is 31.2. The van der Waals surface area contributed by atoms with E-state index in [-0.39, 0.29) is 5.41 Å². The Morgan fingerprint density at radius 1 is 0.321 bits per heavy atom. The van der Waals surface area contributed by atoms with E-state index < -0.39 is 0 Å². The predicted molar refractivity (Wildman–Crippen MR) is 238 cm³/mol. The van der Waals surface area contributed by atoms with Crippen molar-refractivity contribution in [2.45, 2.75) is 19.3 Å². The summed E-state index contributed by atoms with van der Waals surface area (Å²) in [6.45, 7) is 4.84. The van der Waals surface area contributed by atoms with Gasteiger partial charge in [0.1, 0.15) is 11.2 Å². The van der Waals surface area contributed by atoms with Crippen molar-refractivity contribution in [1.82, 2.24) is 0 Å². The van der Waals surface area contributed by atoms with Gasteiger partial charge in [0, 0.05) is 16.2 Å². The lowest BCUT2D eigenvalue weighted by Crippen LogP contribution is -2.15. The highest BCUT2D eigenvalue weighted by atomic mass is 16.3. The third kappa shape index (κ3) is 4.26. The summed E-state index contributed by atoms with van der Waals surface area (Å²) in [6, 6.07) is 67.1. The summed E-state index contributed by atoms with van der Waals surface area (Å²) < 4.78 is 6.18. The van der Waals surface area contributed by atoms with Crippen molar-refractivity contribution in [3.63, 3.8) is 0 Å². The zero-order valence-electron chi connectivity index (χ0n) is 31.2. The highest BCUT2D eigenvalue weighted by molar-refractivity contribution is 6.25. The van der Waals surface area contributed by atoms with Gasteiger partial charge < -0.3 is 4.42 Å². The van der Waals surface area contributed by atoms with E-state index in [1.165, 1.54) is 98.7 Å². The van der Waals surface area contributed by atoms with E-state index in [1.807, 2.05) is 12.1 Å². The van der Waals surface area contributed by atoms with Crippen molar-refractivity contribution in [3.05, 3.63) is 193 Å². The fraction of sp³-hybridized carbons (Fsp3) is 0.0545. The van der Waals surface area contributed by atoms with Gasteiger partial charge in [-0.2, -0.15) is 0 Å². The lowest BCUT2D eigenvalue weighted by molar-refractivity contribution is 0.666. The molecule has 0 fully saturated rings. The van der Waals surface area contributed by atoms with Crippen molar-refractivity contribution < 1.29 is 4.42 Å². The lowest BCUT2D eigenvalue weighted by Gasteiger charge is -2.24. The first-order valence-electron chi connectivity index (χ1n) is 19.6. The Morgan fingerprint density at radius 2 is 0.821 bits per heavy atom. The van der Waals surface area contributed by atoms with Crippen LogP contribution in [0.4, 0.5) is 0 Å². The van der Waals surface area contributed by atoms with Gasteiger partial charge in [-0.25, -0.2) is 0 Å². The van der Waals surface area contributed by atoms with Gasteiger partial charge in [-0.05, 0) is 123 Å². The van der Waals surface area contributed by atoms with Crippen molar-refractivity contribution in [3.8, 4) is 44.5 Å². The van der Waals surface area contributed by atoms with E-state index in [0.717, 1.165) is 21.9 Å². The number of rotatable bonds is 3. The van der Waals surface area contributed by atoms with Gasteiger partial charge in [-0.1, -0.05) is 172 Å². The summed E-state index contributed by atoms with van der Waals surface area (Å²) in [5, 5.41) is 12.6. The number of hydrogen-bond donors (Lipinski definition) is 0. The van der Waals surface area contributed by atoms with Crippen LogP contribution < -0.4 is 0 Å². The second kappa shape index (κ2) is 11.5. The molecule has 1 aromatic heterocycles. The van der Waals surface area contributed by atoms with E-state index >= 15 is 0 Å². The lowest BCUT2D eigenvalue weighted by atomic mass is 9.79. The van der Waals surface area contributed by atoms with Gasteiger partial charge in [-0.3, -0.25) is 0 Å². The Hall–Kier alpha value is -6.96. The van der Waals surface area contributed by atoms with Gasteiger partial charge in [0.2, 0.25) is 0 Å². The van der Waals surface area contributed by atoms with Gasteiger partial charge in [0.25, 0.3) is 0 Å². The number of para-hydroxylation sites is 1. The SMILES string of the molecule is CC1(C)c2cccc(-c3c4ccccc4c(-c4cccc(-c5ccc6oc7ccccc7c6c5)c4)c4ccccc34)c2-c2c1c1ccccc1c1ccccc21. The molecule has 1 aliphatic rings. The largest absolute Gasteiger partial charge is 0.456 e. The molecule has 11 aromatic rings. The molecule has 1 aliphatic carbocycles. The van der Waals surface area contributed by atoms with Crippen LogP contribution in [0.15, 0.2) is 186 Å². The van der Waals surface area contributed by atoms with Crippen molar-refractivity contribution in [2.75, 3.05) is 0 Å². The van der Waals surface area contributed by atoms with Crippen molar-refractivity contribution >= 4 is 65.0 Å². The molecule has 12 rings (SSSR count). The van der Waals surface area contributed by atoms with Gasteiger partial charge in [0.15, 0.2) is 0 Å². The van der Waals surface area contributed by atoms with Crippen molar-refractivity contribution in [2.24, 2.45) is 0 Å². The quantitative estimate of drug-likeness (QED) is 0.131. The third-order valence-electron chi connectivity index (χ3n) is 12.6. The molecule has 0 bridgehead atoms. The fourth-order valence-electron chi connectivity index (χ4n) is 10.2. The molecule has 0 unspecified atom stereocenters. The van der Waals surface area contributed by atoms with Gasteiger partial charge >= 0.3 is 0 Å². The predicted octanol–water partition coefficient (Wildman–Crippen LogP) is 15.5. The first-order valence-corrected chi connectivity index (χ1v) is 19.6. The van der Waals surface area contributed by atoms with Crippen LogP contribution in [0.5, 0.6) is 0 Å². The molecular formula is C55H36O. The number of furan rings is 1. The molecule has 0 amide bonds. The molecule has 0 saturated heterocycles. The molecule has 56 heavy (non-hydrogen) atoms. The maximum atomic E-state index is 6.18. The molecular weight excluding hydrogens is 677 g/mol. The Kier molecular flexibility index (Phi) is 6.46. The van der Waals surface area contributed by atoms with Crippen molar-refractivity contribution in [1.29, 1.82) is 0 Å². The van der Waals surface area contributed by atoms with E-state index in [2.05, 4.69) is 184 Å². The van der Waals surface area contributed by atoms with Gasteiger partial charge in [0.05, 0.1) is 0 Å². The van der Waals surface area contributed by atoms with Crippen LogP contribution in [0.3, 0.4) is 0 Å². The molecule has 0 saturated carbocycles. The van der Waals surface area contributed by atoms with Crippen LogP contribution in [-0.4, -0.2) is 0 Å². The summed E-state index contributed by atoms with van der Waals surface area (Å²) in [7, 11) is 0. The van der Waals surface area contributed by atoms with Crippen LogP contribution in [0, 0.1) is 0 Å². The molecule has 1 heterocycles. The average Bonchev–Trinajstić information content (AvgIpc) is 3.74. The molecule has 0 N–H and O–H groups in total. The third-order valence-corrected chi connectivity index (χ3v) is 12.6. The minimum Gasteiger partial charge on any atom is -0.456 e. The van der Waals surface area contributed by atoms with E-state index in [4.69, 9.17) is 4.42 Å². The first-order chi connectivity index (χ1) is 27.6. The van der Waals surface area contributed by atoms with Crippen LogP contribution in [-0.2, 0) is 5.41 Å². The molecule has 0 radical (unpaired) electrons. The Balaban J connectivity index is 1.13. The number of benzene rings is 10. The minimum atomic E-state index is -0.179. The molecule has 10 aromatic carbocycles. The van der Waals surface area contributed by atoms with E-state index in [9.17, 15) is 0 Å². The summed E-state index contributed by atoms with van der Waals surface area (Å²) in [6.07, 6.45) is 0. The normalized spacial score (nSPS) is 13.3. The smallest absolute Gasteiger partial charge is 0.135 e. The zero-order chi connectivity index (χ0) is 37.1. The van der Waals surface area contributed by atoms with E-state index in [0.29, 0.717) is 0 Å². The molecule has 1 heteroatoms. The van der Waals surface area contributed by atoms with Crippen LogP contribution in [0.2, 0.25) is 0 Å². The van der Waals surface area contributed by atoms with Crippen LogP contribution >= 0.6 is 0 Å². The highest BCUT2D eigenvalue weighted by Crippen LogP contribution is 2.58. The number of hydrogen-bond acceptors (Lipinski definition) is 1. The van der Waals surface area contributed by atoms with Crippen LogP contribution in [0.1, 0.15) is 25.0 Å². The standard InChI is InChI=1S/C55H36O/c1-55(2)47-27-14-26-45(52(47)53-39-20-5-3-17-36(39)37-18-4-10-25-44(37)54(53)55)51-42-23-8-6-21-40(42)50(41-22-7-9-24-43(41)51)35-16-13-15-33(31-35)34-29-30-49-46(32-34)38-19-11-12-28-48(38)56-49/h3-32H,1-2H3. The fourth-order valence-corrected chi connectivity index (χ4v) is 10.2. The first kappa shape index (κ1) is 31.4. The molecule has 1 nitrogen and oxygen atoms in total. The number of fused-ring (bicyclic) bond motifs is 13. The molecule has 0 atom stereocenters. The Bertz CT molecular complexity index is 3390. The summed E-state index contributed by atoms with van der Waals surface area (Å²) in [5.41, 5.74) is 14.6. The minimum absolute atomic E-state index is 0.179.